The number of imide groups is 1. The van der Waals surface area contributed by atoms with Crippen molar-refractivity contribution in [2.75, 3.05) is 6.61 Å². The Morgan fingerprint density at radius 1 is 1.12 bits per heavy atom. The zero-order chi connectivity index (χ0) is 18.3. The van der Waals surface area contributed by atoms with Gasteiger partial charge in [-0.1, -0.05) is 12.1 Å². The Morgan fingerprint density at radius 2 is 1.79 bits per heavy atom. The molecule has 3 amide bonds. The summed E-state index contributed by atoms with van der Waals surface area (Å²) >= 11 is 0. The van der Waals surface area contributed by atoms with E-state index in [1.807, 2.05) is 26.0 Å². The van der Waals surface area contributed by atoms with Gasteiger partial charge in [-0.25, -0.2) is 9.59 Å². The van der Waals surface area contributed by atoms with E-state index >= 15 is 0 Å². The van der Waals surface area contributed by atoms with Crippen LogP contribution in [-0.4, -0.2) is 36.7 Å². The van der Waals surface area contributed by atoms with Gasteiger partial charge in [0.2, 0.25) is 0 Å². The fourth-order valence-electron chi connectivity index (χ4n) is 1.81. The maximum Gasteiger partial charge on any atom is 0.344 e. The highest BCUT2D eigenvalue weighted by molar-refractivity contribution is 5.97. The van der Waals surface area contributed by atoms with E-state index in [2.05, 4.69) is 10.6 Å². The standard InChI is InChI=1S/C17H24N2O5/c1-10(2)18-17(22)19-16(21)13(5)24-15(20)9-23-14-8-6-7-11(3)12(14)4/h6-8,10,13H,9H2,1-5H3,(H2,18,19,21,22)/t13-/m1/s1. The molecule has 1 aromatic carbocycles. The highest BCUT2D eigenvalue weighted by atomic mass is 16.6. The normalized spacial score (nSPS) is 11.6. The minimum absolute atomic E-state index is 0.110. The molecule has 0 spiro atoms. The van der Waals surface area contributed by atoms with Gasteiger partial charge in [0.05, 0.1) is 0 Å². The van der Waals surface area contributed by atoms with E-state index in [0.717, 1.165) is 11.1 Å². The molecule has 1 atom stereocenters. The molecule has 7 heteroatoms. The highest BCUT2D eigenvalue weighted by Crippen LogP contribution is 2.20. The lowest BCUT2D eigenvalue weighted by molar-refractivity contribution is -0.156. The predicted molar refractivity (Wildman–Crippen MR) is 88.8 cm³/mol. The summed E-state index contributed by atoms with van der Waals surface area (Å²) in [7, 11) is 0. The first kappa shape index (κ1) is 19.5. The van der Waals surface area contributed by atoms with Crippen molar-refractivity contribution in [2.45, 2.75) is 46.8 Å². The van der Waals surface area contributed by atoms with Gasteiger partial charge in [0.15, 0.2) is 12.7 Å². The summed E-state index contributed by atoms with van der Waals surface area (Å²) in [4.78, 5) is 34.9. The number of carbonyl (C=O) groups excluding carboxylic acids is 3. The van der Waals surface area contributed by atoms with Crippen molar-refractivity contribution >= 4 is 17.9 Å². The van der Waals surface area contributed by atoms with Crippen LogP contribution in [0.25, 0.3) is 0 Å². The molecule has 0 aliphatic rings. The number of benzene rings is 1. The van der Waals surface area contributed by atoms with Crippen LogP contribution in [0.5, 0.6) is 5.75 Å². The van der Waals surface area contributed by atoms with E-state index < -0.39 is 24.0 Å². The van der Waals surface area contributed by atoms with Gasteiger partial charge in [-0.2, -0.15) is 0 Å². The maximum absolute atomic E-state index is 11.8. The van der Waals surface area contributed by atoms with E-state index in [-0.39, 0.29) is 12.6 Å². The lowest BCUT2D eigenvalue weighted by Gasteiger charge is -2.15. The van der Waals surface area contributed by atoms with Gasteiger partial charge in [-0.3, -0.25) is 10.1 Å². The summed E-state index contributed by atoms with van der Waals surface area (Å²) in [5.41, 5.74) is 1.98. The molecule has 0 radical (unpaired) electrons. The van der Waals surface area contributed by atoms with E-state index in [1.165, 1.54) is 6.92 Å². The molecule has 0 aromatic heterocycles. The van der Waals surface area contributed by atoms with Crippen LogP contribution < -0.4 is 15.4 Å². The van der Waals surface area contributed by atoms with Crippen LogP contribution in [0.15, 0.2) is 18.2 Å². The van der Waals surface area contributed by atoms with Crippen LogP contribution in [-0.2, 0) is 14.3 Å². The summed E-state index contributed by atoms with van der Waals surface area (Å²) in [6.07, 6.45) is -1.10. The van der Waals surface area contributed by atoms with Gasteiger partial charge in [0.25, 0.3) is 5.91 Å². The first-order valence-corrected chi connectivity index (χ1v) is 7.70. The molecule has 132 valence electrons. The van der Waals surface area contributed by atoms with Crippen LogP contribution in [0.3, 0.4) is 0 Å². The molecular weight excluding hydrogens is 312 g/mol. The summed E-state index contributed by atoms with van der Waals surface area (Å²) in [6.45, 7) is 8.42. The molecule has 0 heterocycles. The number of amides is 3. The van der Waals surface area contributed by atoms with Crippen molar-refractivity contribution in [3.63, 3.8) is 0 Å². The summed E-state index contributed by atoms with van der Waals surface area (Å²) < 4.78 is 10.4. The van der Waals surface area contributed by atoms with Crippen molar-refractivity contribution in [1.29, 1.82) is 0 Å². The number of hydrogen-bond acceptors (Lipinski definition) is 5. The van der Waals surface area contributed by atoms with Crippen LogP contribution in [0.2, 0.25) is 0 Å². The van der Waals surface area contributed by atoms with Gasteiger partial charge in [-0.15, -0.1) is 0 Å². The first-order valence-electron chi connectivity index (χ1n) is 7.70. The van der Waals surface area contributed by atoms with E-state index in [4.69, 9.17) is 9.47 Å². The average molecular weight is 336 g/mol. The monoisotopic (exact) mass is 336 g/mol. The zero-order valence-electron chi connectivity index (χ0n) is 14.6. The van der Waals surface area contributed by atoms with E-state index in [0.29, 0.717) is 5.75 Å². The minimum atomic E-state index is -1.10. The third-order valence-electron chi connectivity index (χ3n) is 3.23. The van der Waals surface area contributed by atoms with Crippen molar-refractivity contribution in [1.82, 2.24) is 10.6 Å². The van der Waals surface area contributed by atoms with Crippen LogP contribution in [0.4, 0.5) is 4.79 Å². The van der Waals surface area contributed by atoms with E-state index in [1.54, 1.807) is 19.9 Å². The molecule has 0 saturated heterocycles. The molecule has 0 aliphatic carbocycles. The van der Waals surface area contributed by atoms with Crippen LogP contribution >= 0.6 is 0 Å². The summed E-state index contributed by atoms with van der Waals surface area (Å²) in [5, 5.41) is 4.60. The number of rotatable bonds is 6. The smallest absolute Gasteiger partial charge is 0.344 e. The molecule has 2 N–H and O–H groups in total. The van der Waals surface area contributed by atoms with Gasteiger partial charge in [0, 0.05) is 6.04 Å². The van der Waals surface area contributed by atoms with Crippen molar-refractivity contribution < 1.29 is 23.9 Å². The number of aryl methyl sites for hydroxylation is 1. The minimum Gasteiger partial charge on any atom is -0.482 e. The Labute approximate surface area is 141 Å². The molecule has 1 rings (SSSR count). The Morgan fingerprint density at radius 3 is 2.42 bits per heavy atom. The lowest BCUT2D eigenvalue weighted by atomic mass is 10.1. The molecule has 0 saturated carbocycles. The van der Waals surface area contributed by atoms with E-state index in [9.17, 15) is 14.4 Å². The largest absolute Gasteiger partial charge is 0.482 e. The average Bonchev–Trinajstić information content (AvgIpc) is 2.47. The Kier molecular flexibility index (Phi) is 7.23. The fourth-order valence-corrected chi connectivity index (χ4v) is 1.81. The lowest BCUT2D eigenvalue weighted by Crippen LogP contribution is -2.46. The summed E-state index contributed by atoms with van der Waals surface area (Å²) in [6, 6.07) is 4.77. The Balaban J connectivity index is 2.45. The number of ether oxygens (including phenoxy) is 2. The molecule has 0 bridgehead atoms. The number of esters is 1. The highest BCUT2D eigenvalue weighted by Gasteiger charge is 2.20. The number of nitrogens with one attached hydrogen (secondary N) is 2. The quantitative estimate of drug-likeness (QED) is 0.773. The maximum atomic E-state index is 11.8. The number of carbonyl (C=O) groups is 3. The first-order chi connectivity index (χ1) is 11.2. The second-order valence-electron chi connectivity index (χ2n) is 5.74. The zero-order valence-corrected chi connectivity index (χ0v) is 14.6. The van der Waals surface area contributed by atoms with Gasteiger partial charge in [-0.05, 0) is 51.8 Å². The molecule has 24 heavy (non-hydrogen) atoms. The van der Waals surface area contributed by atoms with Crippen LogP contribution in [0.1, 0.15) is 31.9 Å². The van der Waals surface area contributed by atoms with Gasteiger partial charge in [0.1, 0.15) is 5.75 Å². The van der Waals surface area contributed by atoms with Crippen molar-refractivity contribution in [3.05, 3.63) is 29.3 Å². The number of urea groups is 1. The third kappa shape index (κ3) is 6.28. The third-order valence-corrected chi connectivity index (χ3v) is 3.23. The second-order valence-corrected chi connectivity index (χ2v) is 5.74. The molecule has 0 unspecified atom stereocenters. The molecule has 0 fully saturated rings. The molecular formula is C17H24N2O5. The van der Waals surface area contributed by atoms with Crippen molar-refractivity contribution in [2.24, 2.45) is 0 Å². The van der Waals surface area contributed by atoms with Gasteiger partial charge < -0.3 is 14.8 Å². The van der Waals surface area contributed by atoms with Crippen LogP contribution in [0, 0.1) is 13.8 Å². The fraction of sp³-hybridized carbons (Fsp3) is 0.471. The topological polar surface area (TPSA) is 93.7 Å². The SMILES string of the molecule is Cc1cccc(OCC(=O)O[C@H](C)C(=O)NC(=O)NC(C)C)c1C. The predicted octanol–water partition coefficient (Wildman–Crippen LogP) is 1.85. The molecule has 1 aromatic rings. The Hall–Kier alpha value is -2.57. The molecule has 0 aliphatic heterocycles. The summed E-state index contributed by atoms with van der Waals surface area (Å²) in [5.74, 6) is -0.809. The number of hydrogen-bond donors (Lipinski definition) is 2. The van der Waals surface area contributed by atoms with Crippen molar-refractivity contribution in [3.8, 4) is 5.75 Å². The second kappa shape index (κ2) is 8.90. The Bertz CT molecular complexity index is 613. The molecule has 7 nitrogen and oxygen atoms in total. The van der Waals surface area contributed by atoms with Gasteiger partial charge >= 0.3 is 12.0 Å².